The monoisotopic (exact) mass is 285 g/mol. The van der Waals surface area contributed by atoms with Gasteiger partial charge in [0.15, 0.2) is 5.96 Å². The van der Waals surface area contributed by atoms with Gasteiger partial charge in [0.25, 0.3) is 0 Å². The van der Waals surface area contributed by atoms with Crippen molar-refractivity contribution in [1.29, 1.82) is 0 Å². The number of guanidine groups is 1. The Kier molecular flexibility index (Phi) is 4.98. The maximum atomic E-state index is 5.88. The molecular formula is C16H23N5. The first-order valence-corrected chi connectivity index (χ1v) is 7.18. The zero-order valence-electron chi connectivity index (χ0n) is 12.9. The average Bonchev–Trinajstić information content (AvgIpc) is 2.85. The van der Waals surface area contributed by atoms with Gasteiger partial charge >= 0.3 is 0 Å². The topological polar surface area (TPSA) is 68.2 Å². The number of aromatic nitrogens is 2. The molecule has 0 unspecified atom stereocenters. The summed E-state index contributed by atoms with van der Waals surface area (Å²) in [6.07, 6.45) is 1.99. The molecule has 0 aliphatic heterocycles. The fourth-order valence-electron chi connectivity index (χ4n) is 2.03. The second-order valence-electron chi connectivity index (χ2n) is 5.52. The van der Waals surface area contributed by atoms with Gasteiger partial charge < -0.3 is 11.1 Å². The lowest BCUT2D eigenvalue weighted by molar-refractivity contribution is 0.622. The quantitative estimate of drug-likeness (QED) is 0.653. The number of hydrogen-bond donors (Lipinski definition) is 2. The van der Waals surface area contributed by atoms with Gasteiger partial charge in [0.05, 0.1) is 12.2 Å². The molecule has 21 heavy (non-hydrogen) atoms. The van der Waals surface area contributed by atoms with Crippen LogP contribution in [-0.4, -0.2) is 22.3 Å². The number of nitrogens with zero attached hydrogens (tertiary/aromatic N) is 3. The minimum absolute atomic E-state index is 0.478. The smallest absolute Gasteiger partial charge is 0.188 e. The van der Waals surface area contributed by atoms with Crippen molar-refractivity contribution in [2.45, 2.75) is 20.4 Å². The molecule has 0 aliphatic rings. The van der Waals surface area contributed by atoms with Crippen LogP contribution in [0.3, 0.4) is 0 Å². The number of nitrogens with one attached hydrogen (secondary N) is 1. The van der Waals surface area contributed by atoms with Crippen molar-refractivity contribution < 1.29 is 0 Å². The third-order valence-electron chi connectivity index (χ3n) is 3.06. The maximum absolute atomic E-state index is 5.88. The molecule has 112 valence electrons. The van der Waals surface area contributed by atoms with E-state index in [1.807, 2.05) is 36.1 Å². The highest BCUT2D eigenvalue weighted by molar-refractivity contribution is 5.78. The molecule has 2 aromatic rings. The normalized spacial score (nSPS) is 11.9. The van der Waals surface area contributed by atoms with Gasteiger partial charge in [-0.05, 0) is 5.92 Å². The van der Waals surface area contributed by atoms with Gasteiger partial charge in [-0.3, -0.25) is 4.68 Å². The Labute approximate surface area is 125 Å². The highest BCUT2D eigenvalue weighted by atomic mass is 15.3. The first kappa shape index (κ1) is 15.1. The average molecular weight is 285 g/mol. The number of aryl methyl sites for hydroxylation is 1. The van der Waals surface area contributed by atoms with Gasteiger partial charge in [-0.15, -0.1) is 0 Å². The summed E-state index contributed by atoms with van der Waals surface area (Å²) < 4.78 is 1.81. The summed E-state index contributed by atoms with van der Waals surface area (Å²) in [6, 6.07) is 10.1. The summed E-state index contributed by atoms with van der Waals surface area (Å²) in [5.41, 5.74) is 9.00. The van der Waals surface area contributed by atoms with E-state index in [-0.39, 0.29) is 0 Å². The molecule has 0 saturated carbocycles. The van der Waals surface area contributed by atoms with Crippen molar-refractivity contribution >= 4 is 5.96 Å². The molecule has 1 aromatic carbocycles. The minimum atomic E-state index is 0.478. The highest BCUT2D eigenvalue weighted by Crippen LogP contribution is 2.22. The second kappa shape index (κ2) is 6.92. The molecule has 0 bridgehead atoms. The van der Waals surface area contributed by atoms with E-state index in [1.165, 1.54) is 0 Å². The van der Waals surface area contributed by atoms with E-state index in [1.54, 1.807) is 0 Å². The van der Waals surface area contributed by atoms with Gasteiger partial charge in [0.1, 0.15) is 0 Å². The van der Waals surface area contributed by atoms with E-state index >= 15 is 0 Å². The first-order valence-electron chi connectivity index (χ1n) is 7.18. The Bertz CT molecular complexity index is 598. The van der Waals surface area contributed by atoms with Gasteiger partial charge in [0.2, 0.25) is 0 Å². The lowest BCUT2D eigenvalue weighted by Crippen LogP contribution is -2.34. The summed E-state index contributed by atoms with van der Waals surface area (Å²) in [5.74, 6) is 1.02. The molecule has 0 spiro atoms. The number of nitrogens with two attached hydrogens (primary N) is 1. The molecule has 0 amide bonds. The van der Waals surface area contributed by atoms with Gasteiger partial charge in [-0.25, -0.2) is 4.99 Å². The predicted molar refractivity (Wildman–Crippen MR) is 86.8 cm³/mol. The summed E-state index contributed by atoms with van der Waals surface area (Å²) in [7, 11) is 1.92. The van der Waals surface area contributed by atoms with Crippen LogP contribution in [0.5, 0.6) is 0 Å². The van der Waals surface area contributed by atoms with Crippen molar-refractivity contribution in [3.8, 4) is 11.3 Å². The summed E-state index contributed by atoms with van der Waals surface area (Å²) in [4.78, 5) is 4.40. The van der Waals surface area contributed by atoms with E-state index in [9.17, 15) is 0 Å². The summed E-state index contributed by atoms with van der Waals surface area (Å²) in [5, 5.41) is 7.64. The van der Waals surface area contributed by atoms with Crippen molar-refractivity contribution in [2.75, 3.05) is 6.54 Å². The Morgan fingerprint density at radius 1 is 1.33 bits per heavy atom. The molecule has 2 rings (SSSR count). The van der Waals surface area contributed by atoms with Crippen LogP contribution in [0.2, 0.25) is 0 Å². The molecule has 5 heteroatoms. The SMILES string of the molecule is CC(C)CNC(N)=NCc1cn(C)nc1-c1ccccc1. The van der Waals surface area contributed by atoms with E-state index < -0.39 is 0 Å². The van der Waals surface area contributed by atoms with Crippen LogP contribution in [-0.2, 0) is 13.6 Å². The molecule has 0 radical (unpaired) electrons. The molecule has 3 N–H and O–H groups in total. The second-order valence-corrected chi connectivity index (χ2v) is 5.52. The largest absolute Gasteiger partial charge is 0.370 e. The molecule has 0 fully saturated rings. The molecular weight excluding hydrogens is 262 g/mol. The van der Waals surface area contributed by atoms with Gasteiger partial charge in [-0.1, -0.05) is 44.2 Å². The van der Waals surface area contributed by atoms with Crippen LogP contribution in [0.25, 0.3) is 11.3 Å². The highest BCUT2D eigenvalue weighted by Gasteiger charge is 2.09. The van der Waals surface area contributed by atoms with Crippen molar-refractivity contribution in [2.24, 2.45) is 23.7 Å². The van der Waals surface area contributed by atoms with Crippen LogP contribution in [0, 0.1) is 5.92 Å². The molecule has 0 saturated heterocycles. The van der Waals surface area contributed by atoms with Crippen molar-refractivity contribution in [3.63, 3.8) is 0 Å². The number of benzene rings is 1. The Hall–Kier alpha value is -2.30. The van der Waals surface area contributed by atoms with Crippen LogP contribution in [0.4, 0.5) is 0 Å². The summed E-state index contributed by atoms with van der Waals surface area (Å²) >= 11 is 0. The van der Waals surface area contributed by atoms with E-state index in [0.717, 1.165) is 23.4 Å². The lowest BCUT2D eigenvalue weighted by atomic mass is 10.1. The van der Waals surface area contributed by atoms with Gasteiger partial charge in [0, 0.05) is 30.9 Å². The van der Waals surface area contributed by atoms with Crippen LogP contribution in [0.15, 0.2) is 41.5 Å². The van der Waals surface area contributed by atoms with Crippen LogP contribution < -0.4 is 11.1 Å². The van der Waals surface area contributed by atoms with Crippen molar-refractivity contribution in [3.05, 3.63) is 42.1 Å². The zero-order chi connectivity index (χ0) is 15.2. The minimum Gasteiger partial charge on any atom is -0.370 e. The fraction of sp³-hybridized carbons (Fsp3) is 0.375. The number of aliphatic imine (C=N–C) groups is 1. The molecule has 0 aliphatic carbocycles. The Morgan fingerprint density at radius 2 is 2.05 bits per heavy atom. The van der Waals surface area contributed by atoms with Crippen LogP contribution >= 0.6 is 0 Å². The van der Waals surface area contributed by atoms with E-state index in [4.69, 9.17) is 5.73 Å². The first-order chi connectivity index (χ1) is 10.1. The van der Waals surface area contributed by atoms with Crippen molar-refractivity contribution in [1.82, 2.24) is 15.1 Å². The fourth-order valence-corrected chi connectivity index (χ4v) is 2.03. The Balaban J connectivity index is 2.12. The molecule has 0 atom stereocenters. The van der Waals surface area contributed by atoms with Gasteiger partial charge in [-0.2, -0.15) is 5.10 Å². The molecule has 5 nitrogen and oxygen atoms in total. The summed E-state index contributed by atoms with van der Waals surface area (Å²) in [6.45, 7) is 5.62. The van der Waals surface area contributed by atoms with Crippen LogP contribution in [0.1, 0.15) is 19.4 Å². The van der Waals surface area contributed by atoms with E-state index in [0.29, 0.717) is 18.4 Å². The predicted octanol–water partition coefficient (Wildman–Crippen LogP) is 2.15. The number of hydrogen-bond acceptors (Lipinski definition) is 2. The lowest BCUT2D eigenvalue weighted by Gasteiger charge is -2.07. The zero-order valence-corrected chi connectivity index (χ0v) is 12.9. The Morgan fingerprint density at radius 3 is 2.71 bits per heavy atom. The molecule has 1 heterocycles. The third-order valence-corrected chi connectivity index (χ3v) is 3.06. The standard InChI is InChI=1S/C16H23N5/c1-12(2)9-18-16(17)19-10-14-11-21(3)20-15(14)13-7-5-4-6-8-13/h4-8,11-12H,9-10H2,1-3H3,(H3,17,18,19). The van der Waals surface area contributed by atoms with E-state index in [2.05, 4.69) is 41.4 Å². The third kappa shape index (κ3) is 4.34. The molecule has 1 aromatic heterocycles. The number of rotatable bonds is 5. The maximum Gasteiger partial charge on any atom is 0.188 e.